The fourth-order valence-corrected chi connectivity index (χ4v) is 4.44. The van der Waals surface area contributed by atoms with Gasteiger partial charge in [-0.05, 0) is 38.4 Å². The lowest BCUT2D eigenvalue weighted by Gasteiger charge is -2.21. The van der Waals surface area contributed by atoms with E-state index in [9.17, 15) is 0 Å². The van der Waals surface area contributed by atoms with Crippen LogP contribution in [0, 0.1) is 6.92 Å². The van der Waals surface area contributed by atoms with Crippen molar-refractivity contribution >= 4 is 11.3 Å². The fourth-order valence-electron chi connectivity index (χ4n) is 3.63. The number of oxazole rings is 1. The number of para-hydroxylation sites is 1. The Morgan fingerprint density at radius 3 is 2.93 bits per heavy atom. The summed E-state index contributed by atoms with van der Waals surface area (Å²) in [6.07, 6.45) is 4.20. The molecule has 0 N–H and O–H groups in total. The number of methoxy groups -OCH3 is 2. The first-order chi connectivity index (χ1) is 13.2. The standard InChI is InChI=1S/C20H23N3O3S/c1-13-15(12-23-10-5-7-16(23)20-21-9-11-27-20)22-19(26-13)14-6-4-8-17(24-2)18(14)25-3/h4,6,8-9,11,16H,5,7,10,12H2,1-3H3/t16-/m0/s1. The number of thiazole rings is 1. The number of nitrogens with zero attached hydrogens (tertiary/aromatic N) is 3. The lowest BCUT2D eigenvalue weighted by atomic mass is 10.2. The zero-order valence-corrected chi connectivity index (χ0v) is 16.6. The summed E-state index contributed by atoms with van der Waals surface area (Å²) in [5.41, 5.74) is 1.75. The van der Waals surface area contributed by atoms with Crippen molar-refractivity contribution in [3.63, 3.8) is 0 Å². The molecule has 7 heteroatoms. The van der Waals surface area contributed by atoms with Gasteiger partial charge in [-0.3, -0.25) is 4.90 Å². The Morgan fingerprint density at radius 2 is 2.19 bits per heavy atom. The molecule has 0 aliphatic carbocycles. The Morgan fingerprint density at radius 1 is 1.30 bits per heavy atom. The second-order valence-corrected chi connectivity index (χ2v) is 7.49. The summed E-state index contributed by atoms with van der Waals surface area (Å²) in [5, 5.41) is 3.23. The maximum Gasteiger partial charge on any atom is 0.230 e. The summed E-state index contributed by atoms with van der Waals surface area (Å²) in [7, 11) is 3.25. The Balaban J connectivity index is 1.61. The first kappa shape index (κ1) is 18.0. The summed E-state index contributed by atoms with van der Waals surface area (Å²) < 4.78 is 16.9. The van der Waals surface area contributed by atoms with Crippen LogP contribution in [0.3, 0.4) is 0 Å². The Hall–Kier alpha value is -2.38. The Bertz CT molecular complexity index is 907. The largest absolute Gasteiger partial charge is 0.493 e. The minimum Gasteiger partial charge on any atom is -0.493 e. The second kappa shape index (κ2) is 7.70. The van der Waals surface area contributed by atoms with Gasteiger partial charge in [0.05, 0.1) is 31.5 Å². The highest BCUT2D eigenvalue weighted by atomic mass is 32.1. The number of likely N-dealkylation sites (tertiary alicyclic amines) is 1. The quantitative estimate of drug-likeness (QED) is 0.624. The van der Waals surface area contributed by atoms with Gasteiger partial charge < -0.3 is 13.9 Å². The van der Waals surface area contributed by atoms with E-state index in [2.05, 4.69) is 9.88 Å². The van der Waals surface area contributed by atoms with Gasteiger partial charge in [0.15, 0.2) is 11.5 Å². The number of hydrogen-bond donors (Lipinski definition) is 0. The van der Waals surface area contributed by atoms with E-state index >= 15 is 0 Å². The van der Waals surface area contributed by atoms with Crippen molar-refractivity contribution in [2.45, 2.75) is 32.4 Å². The van der Waals surface area contributed by atoms with Crippen LogP contribution in [0.1, 0.15) is 35.3 Å². The third-order valence-corrected chi connectivity index (χ3v) is 5.86. The average molecular weight is 385 g/mol. The molecule has 0 amide bonds. The lowest BCUT2D eigenvalue weighted by molar-refractivity contribution is 0.244. The molecule has 0 unspecified atom stereocenters. The monoisotopic (exact) mass is 385 g/mol. The van der Waals surface area contributed by atoms with Crippen molar-refractivity contribution in [3.8, 4) is 23.0 Å². The van der Waals surface area contributed by atoms with Gasteiger partial charge in [-0.15, -0.1) is 11.3 Å². The van der Waals surface area contributed by atoms with Gasteiger partial charge in [-0.25, -0.2) is 9.97 Å². The van der Waals surface area contributed by atoms with E-state index in [1.807, 2.05) is 36.7 Å². The molecule has 1 aliphatic heterocycles. The van der Waals surface area contributed by atoms with E-state index < -0.39 is 0 Å². The molecule has 1 aromatic carbocycles. The SMILES string of the molecule is COc1cccc(-c2nc(CN3CCC[C@H]3c3nccs3)c(C)o2)c1OC. The highest BCUT2D eigenvalue weighted by Gasteiger charge is 2.29. The van der Waals surface area contributed by atoms with Gasteiger partial charge in [0, 0.05) is 18.1 Å². The number of ether oxygens (including phenoxy) is 2. The van der Waals surface area contributed by atoms with Crippen LogP contribution in [-0.2, 0) is 6.54 Å². The number of hydrogen-bond acceptors (Lipinski definition) is 7. The van der Waals surface area contributed by atoms with Crippen LogP contribution in [-0.4, -0.2) is 35.6 Å². The van der Waals surface area contributed by atoms with Crippen molar-refractivity contribution in [1.82, 2.24) is 14.9 Å². The number of rotatable bonds is 6. The van der Waals surface area contributed by atoms with Gasteiger partial charge in [-0.1, -0.05) is 6.07 Å². The first-order valence-electron chi connectivity index (χ1n) is 9.02. The van der Waals surface area contributed by atoms with Crippen LogP contribution in [0.2, 0.25) is 0 Å². The van der Waals surface area contributed by atoms with Crippen LogP contribution in [0.25, 0.3) is 11.5 Å². The van der Waals surface area contributed by atoms with Crippen molar-refractivity contribution in [3.05, 3.63) is 46.2 Å². The molecule has 0 bridgehead atoms. The maximum absolute atomic E-state index is 5.99. The highest BCUT2D eigenvalue weighted by molar-refractivity contribution is 7.09. The Kier molecular flexibility index (Phi) is 5.13. The zero-order chi connectivity index (χ0) is 18.8. The molecule has 0 spiro atoms. The minimum absolute atomic E-state index is 0.371. The predicted molar refractivity (Wildman–Crippen MR) is 104 cm³/mol. The van der Waals surface area contributed by atoms with Crippen LogP contribution < -0.4 is 9.47 Å². The van der Waals surface area contributed by atoms with Crippen molar-refractivity contribution in [2.75, 3.05) is 20.8 Å². The van der Waals surface area contributed by atoms with Crippen molar-refractivity contribution in [2.24, 2.45) is 0 Å². The lowest BCUT2D eigenvalue weighted by Crippen LogP contribution is -2.23. The molecular weight excluding hydrogens is 362 g/mol. The molecule has 0 saturated carbocycles. The van der Waals surface area contributed by atoms with E-state index in [0.29, 0.717) is 23.4 Å². The molecule has 3 heterocycles. The summed E-state index contributed by atoms with van der Waals surface area (Å²) in [6, 6.07) is 6.08. The van der Waals surface area contributed by atoms with Crippen LogP contribution in [0.15, 0.2) is 34.2 Å². The highest BCUT2D eigenvalue weighted by Crippen LogP contribution is 2.39. The smallest absolute Gasteiger partial charge is 0.230 e. The van der Waals surface area contributed by atoms with Crippen LogP contribution in [0.4, 0.5) is 0 Å². The average Bonchev–Trinajstić information content (AvgIpc) is 3.43. The van der Waals surface area contributed by atoms with Crippen molar-refractivity contribution in [1.29, 1.82) is 0 Å². The molecule has 1 fully saturated rings. The molecule has 142 valence electrons. The molecule has 4 rings (SSSR count). The second-order valence-electron chi connectivity index (χ2n) is 6.56. The minimum atomic E-state index is 0.371. The third-order valence-electron chi connectivity index (χ3n) is 4.98. The molecule has 6 nitrogen and oxygen atoms in total. The predicted octanol–water partition coefficient (Wildman–Crippen LogP) is 4.46. The summed E-state index contributed by atoms with van der Waals surface area (Å²) in [6.45, 7) is 3.77. The molecule has 0 radical (unpaired) electrons. The molecule has 2 aromatic heterocycles. The van der Waals surface area contributed by atoms with Gasteiger partial charge >= 0.3 is 0 Å². The van der Waals surface area contributed by atoms with Gasteiger partial charge in [0.2, 0.25) is 5.89 Å². The van der Waals surface area contributed by atoms with Crippen LogP contribution in [0.5, 0.6) is 11.5 Å². The van der Waals surface area contributed by atoms with E-state index in [1.54, 1.807) is 25.6 Å². The normalized spacial score (nSPS) is 17.4. The number of aromatic nitrogens is 2. The molecule has 3 aromatic rings. The van der Waals surface area contributed by atoms with Gasteiger partial charge in [-0.2, -0.15) is 0 Å². The molecule has 27 heavy (non-hydrogen) atoms. The van der Waals surface area contributed by atoms with E-state index in [0.717, 1.165) is 36.5 Å². The number of benzene rings is 1. The summed E-state index contributed by atoms with van der Waals surface area (Å²) >= 11 is 1.72. The third kappa shape index (κ3) is 3.44. The Labute approximate surface area is 162 Å². The number of aryl methyl sites for hydroxylation is 1. The first-order valence-corrected chi connectivity index (χ1v) is 9.90. The zero-order valence-electron chi connectivity index (χ0n) is 15.8. The van der Waals surface area contributed by atoms with E-state index in [-0.39, 0.29) is 0 Å². The molecular formula is C20H23N3O3S. The van der Waals surface area contributed by atoms with E-state index in [1.165, 1.54) is 11.4 Å². The van der Waals surface area contributed by atoms with Gasteiger partial charge in [0.1, 0.15) is 10.8 Å². The topological polar surface area (TPSA) is 60.6 Å². The van der Waals surface area contributed by atoms with Crippen LogP contribution >= 0.6 is 11.3 Å². The molecule has 1 saturated heterocycles. The molecule has 1 aliphatic rings. The van der Waals surface area contributed by atoms with E-state index in [4.69, 9.17) is 18.9 Å². The summed E-state index contributed by atoms with van der Waals surface area (Å²) in [4.78, 5) is 11.7. The van der Waals surface area contributed by atoms with Gasteiger partial charge in [0.25, 0.3) is 0 Å². The molecule has 1 atom stereocenters. The fraction of sp³-hybridized carbons (Fsp3) is 0.400. The maximum atomic E-state index is 5.99. The summed E-state index contributed by atoms with van der Waals surface area (Å²) in [5.74, 6) is 2.69. The van der Waals surface area contributed by atoms with Crippen molar-refractivity contribution < 1.29 is 13.9 Å².